The number of aromatic hydroxyl groups is 1. The summed E-state index contributed by atoms with van der Waals surface area (Å²) in [7, 11) is 1.68. The molecule has 1 aromatic carbocycles. The third-order valence-electron chi connectivity index (χ3n) is 1.88. The van der Waals surface area contributed by atoms with Crippen molar-refractivity contribution < 1.29 is 9.90 Å². The first kappa shape index (κ1) is 11.0. The standard InChI is InChI=1S/C10H12ClNO2/c1-6-3-7(13)4-8(10(6)11)9(14)5-12-2/h3-4,12-13H,5H2,1-2H3. The maximum atomic E-state index is 11.5. The molecule has 76 valence electrons. The van der Waals surface area contributed by atoms with E-state index in [2.05, 4.69) is 5.32 Å². The molecule has 0 aliphatic rings. The Balaban J connectivity index is 3.13. The van der Waals surface area contributed by atoms with Crippen LogP contribution in [0.25, 0.3) is 0 Å². The molecule has 0 unspecified atom stereocenters. The van der Waals surface area contributed by atoms with Crippen molar-refractivity contribution in [1.82, 2.24) is 5.32 Å². The first-order valence-corrected chi connectivity index (χ1v) is 4.61. The highest BCUT2D eigenvalue weighted by molar-refractivity contribution is 6.34. The molecule has 0 amide bonds. The number of Topliss-reactive ketones (excluding diaryl/α,β-unsaturated/α-hetero) is 1. The zero-order valence-electron chi connectivity index (χ0n) is 8.10. The van der Waals surface area contributed by atoms with Crippen LogP contribution in [0.5, 0.6) is 5.75 Å². The molecule has 0 heterocycles. The highest BCUT2D eigenvalue weighted by atomic mass is 35.5. The number of phenolic OH excluding ortho intramolecular Hbond substituents is 1. The molecule has 0 saturated carbocycles. The van der Waals surface area contributed by atoms with E-state index >= 15 is 0 Å². The number of benzene rings is 1. The average molecular weight is 214 g/mol. The molecule has 3 nitrogen and oxygen atoms in total. The van der Waals surface area contributed by atoms with Crippen LogP contribution < -0.4 is 5.32 Å². The number of likely N-dealkylation sites (N-methyl/N-ethyl adjacent to an activating group) is 1. The largest absolute Gasteiger partial charge is 0.508 e. The van der Waals surface area contributed by atoms with Gasteiger partial charge in [0, 0.05) is 5.56 Å². The van der Waals surface area contributed by atoms with Crippen LogP contribution in [0.4, 0.5) is 0 Å². The van der Waals surface area contributed by atoms with Crippen molar-refractivity contribution in [2.24, 2.45) is 0 Å². The molecule has 14 heavy (non-hydrogen) atoms. The van der Waals surface area contributed by atoms with Crippen LogP contribution in [0, 0.1) is 6.92 Å². The number of halogens is 1. The predicted octanol–water partition coefficient (Wildman–Crippen LogP) is 1.76. The Bertz CT molecular complexity index is 363. The second-order valence-corrected chi connectivity index (χ2v) is 3.46. The van der Waals surface area contributed by atoms with Crippen LogP contribution in [0.1, 0.15) is 15.9 Å². The molecule has 0 aromatic heterocycles. The van der Waals surface area contributed by atoms with Crippen molar-refractivity contribution in [1.29, 1.82) is 0 Å². The summed E-state index contributed by atoms with van der Waals surface area (Å²) in [6.07, 6.45) is 0. The maximum Gasteiger partial charge on any atom is 0.178 e. The average Bonchev–Trinajstić information content (AvgIpc) is 2.11. The fraction of sp³-hybridized carbons (Fsp3) is 0.300. The van der Waals surface area contributed by atoms with Crippen LogP contribution in [0.2, 0.25) is 5.02 Å². The van der Waals surface area contributed by atoms with Gasteiger partial charge in [-0.1, -0.05) is 11.6 Å². The van der Waals surface area contributed by atoms with Gasteiger partial charge in [0.2, 0.25) is 0 Å². The molecule has 0 fully saturated rings. The van der Waals surface area contributed by atoms with E-state index in [1.165, 1.54) is 12.1 Å². The minimum absolute atomic E-state index is 0.0614. The van der Waals surface area contributed by atoms with Gasteiger partial charge in [0.1, 0.15) is 5.75 Å². The molecular formula is C10H12ClNO2. The van der Waals surface area contributed by atoms with Crippen molar-refractivity contribution in [3.8, 4) is 5.75 Å². The van der Waals surface area contributed by atoms with Crippen LogP contribution >= 0.6 is 11.6 Å². The van der Waals surface area contributed by atoms with E-state index in [1.807, 2.05) is 0 Å². The van der Waals surface area contributed by atoms with Crippen LogP contribution in [0.15, 0.2) is 12.1 Å². The van der Waals surface area contributed by atoms with Crippen LogP contribution in [-0.2, 0) is 0 Å². The van der Waals surface area contributed by atoms with E-state index in [-0.39, 0.29) is 18.1 Å². The van der Waals surface area contributed by atoms with Crippen molar-refractivity contribution in [3.05, 3.63) is 28.3 Å². The van der Waals surface area contributed by atoms with Gasteiger partial charge in [-0.25, -0.2) is 0 Å². The predicted molar refractivity (Wildman–Crippen MR) is 56.1 cm³/mol. The number of nitrogens with one attached hydrogen (secondary N) is 1. The van der Waals surface area contributed by atoms with E-state index in [0.29, 0.717) is 16.1 Å². The minimum Gasteiger partial charge on any atom is -0.508 e. The molecule has 4 heteroatoms. The Morgan fingerprint density at radius 2 is 2.21 bits per heavy atom. The van der Waals surface area contributed by atoms with Gasteiger partial charge in [0.25, 0.3) is 0 Å². The summed E-state index contributed by atoms with van der Waals surface area (Å²) in [6, 6.07) is 2.91. The monoisotopic (exact) mass is 213 g/mol. The Hall–Kier alpha value is -1.06. The van der Waals surface area contributed by atoms with Gasteiger partial charge in [-0.2, -0.15) is 0 Å². The van der Waals surface area contributed by atoms with Crippen molar-refractivity contribution in [2.75, 3.05) is 13.6 Å². The molecule has 0 radical (unpaired) electrons. The van der Waals surface area contributed by atoms with Gasteiger partial charge in [-0.3, -0.25) is 4.79 Å². The van der Waals surface area contributed by atoms with Crippen molar-refractivity contribution in [3.63, 3.8) is 0 Å². The van der Waals surface area contributed by atoms with Gasteiger partial charge in [0.05, 0.1) is 11.6 Å². The quantitative estimate of drug-likeness (QED) is 0.753. The summed E-state index contributed by atoms with van der Waals surface area (Å²) in [5.74, 6) is -0.0668. The molecule has 0 bridgehead atoms. The SMILES string of the molecule is CNCC(=O)c1cc(O)cc(C)c1Cl. The number of hydrogen-bond acceptors (Lipinski definition) is 3. The summed E-state index contributed by atoms with van der Waals surface area (Å²) in [6.45, 7) is 1.96. The van der Waals surface area contributed by atoms with Crippen molar-refractivity contribution in [2.45, 2.75) is 6.92 Å². The molecule has 2 N–H and O–H groups in total. The van der Waals surface area contributed by atoms with E-state index in [4.69, 9.17) is 11.6 Å². The number of aryl methyl sites for hydroxylation is 1. The lowest BCUT2D eigenvalue weighted by atomic mass is 10.1. The summed E-state index contributed by atoms with van der Waals surface area (Å²) in [4.78, 5) is 11.5. The topological polar surface area (TPSA) is 49.3 Å². The summed E-state index contributed by atoms with van der Waals surface area (Å²) < 4.78 is 0. The zero-order valence-corrected chi connectivity index (χ0v) is 8.85. The molecule has 1 aromatic rings. The third kappa shape index (κ3) is 2.25. The fourth-order valence-electron chi connectivity index (χ4n) is 1.21. The minimum atomic E-state index is -0.128. The maximum absolute atomic E-state index is 11.5. The molecule has 1 rings (SSSR count). The molecule has 0 atom stereocenters. The summed E-state index contributed by atoms with van der Waals surface area (Å²) >= 11 is 5.94. The molecule has 0 aliphatic heterocycles. The van der Waals surface area contributed by atoms with Crippen molar-refractivity contribution >= 4 is 17.4 Å². The molecule has 0 saturated heterocycles. The lowest BCUT2D eigenvalue weighted by Gasteiger charge is -2.06. The molecule has 0 spiro atoms. The molecule has 0 aliphatic carbocycles. The number of hydrogen-bond donors (Lipinski definition) is 2. The van der Waals surface area contributed by atoms with E-state index in [9.17, 15) is 9.90 Å². The van der Waals surface area contributed by atoms with Crippen LogP contribution in [-0.4, -0.2) is 24.5 Å². The lowest BCUT2D eigenvalue weighted by molar-refractivity contribution is 0.0993. The van der Waals surface area contributed by atoms with Gasteiger partial charge < -0.3 is 10.4 Å². The van der Waals surface area contributed by atoms with Crippen LogP contribution in [0.3, 0.4) is 0 Å². The number of phenols is 1. The van der Waals surface area contributed by atoms with Gasteiger partial charge in [0.15, 0.2) is 5.78 Å². The number of ketones is 1. The van der Waals surface area contributed by atoms with E-state index in [1.54, 1.807) is 14.0 Å². The smallest absolute Gasteiger partial charge is 0.178 e. The lowest BCUT2D eigenvalue weighted by Crippen LogP contribution is -2.19. The van der Waals surface area contributed by atoms with Gasteiger partial charge in [-0.15, -0.1) is 0 Å². The highest BCUT2D eigenvalue weighted by Gasteiger charge is 2.12. The molecular weight excluding hydrogens is 202 g/mol. The Morgan fingerprint density at radius 1 is 1.57 bits per heavy atom. The number of rotatable bonds is 3. The summed E-state index contributed by atoms with van der Waals surface area (Å²) in [5, 5.41) is 12.5. The van der Waals surface area contributed by atoms with E-state index < -0.39 is 0 Å². The fourth-order valence-corrected chi connectivity index (χ4v) is 1.42. The number of carbonyl (C=O) groups excluding carboxylic acids is 1. The number of carbonyl (C=O) groups is 1. The first-order chi connectivity index (χ1) is 6.56. The second-order valence-electron chi connectivity index (χ2n) is 3.08. The van der Waals surface area contributed by atoms with Gasteiger partial charge in [-0.05, 0) is 31.7 Å². The zero-order chi connectivity index (χ0) is 10.7. The summed E-state index contributed by atoms with van der Waals surface area (Å²) in [5.41, 5.74) is 1.06. The third-order valence-corrected chi connectivity index (χ3v) is 2.38. The Morgan fingerprint density at radius 3 is 2.79 bits per heavy atom. The highest BCUT2D eigenvalue weighted by Crippen LogP contribution is 2.25. The van der Waals surface area contributed by atoms with E-state index in [0.717, 1.165) is 0 Å². The van der Waals surface area contributed by atoms with Gasteiger partial charge >= 0.3 is 0 Å². The normalized spacial score (nSPS) is 10.2. The first-order valence-electron chi connectivity index (χ1n) is 4.23. The Labute approximate surface area is 87.7 Å². The Kier molecular flexibility index (Phi) is 3.49. The second kappa shape index (κ2) is 4.44.